The normalized spacial score (nSPS) is 15.7. The Hall–Kier alpha value is -1.61. The van der Waals surface area contributed by atoms with Crippen LogP contribution < -0.4 is 5.73 Å². The first-order valence-electron chi connectivity index (χ1n) is 5.93. The van der Waals surface area contributed by atoms with Gasteiger partial charge in [0.2, 0.25) is 10.0 Å². The van der Waals surface area contributed by atoms with E-state index >= 15 is 0 Å². The summed E-state index contributed by atoms with van der Waals surface area (Å²) in [5.74, 6) is -0.602. The van der Waals surface area contributed by atoms with Crippen molar-refractivity contribution in [1.82, 2.24) is 14.5 Å². The van der Waals surface area contributed by atoms with Gasteiger partial charge in [0.05, 0.1) is 12.8 Å². The van der Waals surface area contributed by atoms with Crippen LogP contribution in [0, 0.1) is 0 Å². The fourth-order valence-electron chi connectivity index (χ4n) is 1.72. The van der Waals surface area contributed by atoms with Gasteiger partial charge in [0.25, 0.3) is 0 Å². The van der Waals surface area contributed by atoms with Crippen molar-refractivity contribution in [2.75, 3.05) is 18.9 Å². The van der Waals surface area contributed by atoms with E-state index in [1.807, 2.05) is 0 Å². The maximum atomic E-state index is 12.4. The quantitative estimate of drug-likeness (QED) is 0.694. The number of H-pyrrole nitrogens is 1. The fourth-order valence-corrected chi connectivity index (χ4v) is 3.36. The Morgan fingerprint density at radius 2 is 2.32 bits per heavy atom. The Balaban J connectivity index is 2.24. The van der Waals surface area contributed by atoms with Crippen molar-refractivity contribution < 1.29 is 17.9 Å². The molecule has 1 aromatic heterocycles. The van der Waals surface area contributed by atoms with Gasteiger partial charge in [-0.05, 0) is 19.8 Å². The molecule has 1 heterocycles. The minimum Gasteiger partial charge on any atom is -0.465 e. The summed E-state index contributed by atoms with van der Waals surface area (Å²) in [7, 11) is -3.82. The van der Waals surface area contributed by atoms with E-state index in [0.717, 1.165) is 23.3 Å². The third-order valence-corrected chi connectivity index (χ3v) is 4.69. The number of hydrogen-bond acceptors (Lipinski definition) is 6. The molecule has 19 heavy (non-hydrogen) atoms. The van der Waals surface area contributed by atoms with Crippen LogP contribution in [0.1, 0.15) is 19.8 Å². The first kappa shape index (κ1) is 13.8. The van der Waals surface area contributed by atoms with Crippen LogP contribution in [-0.4, -0.2) is 48.1 Å². The average molecular weight is 288 g/mol. The van der Waals surface area contributed by atoms with E-state index in [-0.39, 0.29) is 29.9 Å². The lowest BCUT2D eigenvalue weighted by atomic mass is 10.6. The number of nitrogens with two attached hydrogens (primary N) is 1. The van der Waals surface area contributed by atoms with Crippen LogP contribution >= 0.6 is 0 Å². The SMILES string of the molecule is CCOC(=O)CN(C1CC1)S(=O)(=O)c1cn[nH]c1N. The largest absolute Gasteiger partial charge is 0.465 e. The molecule has 8 nitrogen and oxygen atoms in total. The molecule has 0 unspecified atom stereocenters. The Labute approximate surface area is 111 Å². The van der Waals surface area contributed by atoms with Gasteiger partial charge in [0, 0.05) is 6.04 Å². The molecule has 0 bridgehead atoms. The average Bonchev–Trinajstić information content (AvgIpc) is 3.07. The highest BCUT2D eigenvalue weighted by Crippen LogP contribution is 2.32. The summed E-state index contributed by atoms with van der Waals surface area (Å²) in [6.07, 6.45) is 2.61. The summed E-state index contributed by atoms with van der Waals surface area (Å²) in [5.41, 5.74) is 5.53. The fraction of sp³-hybridized carbons (Fsp3) is 0.600. The van der Waals surface area contributed by atoms with Crippen molar-refractivity contribution in [3.63, 3.8) is 0 Å². The molecule has 1 aliphatic rings. The smallest absolute Gasteiger partial charge is 0.321 e. The molecule has 9 heteroatoms. The highest BCUT2D eigenvalue weighted by atomic mass is 32.2. The number of esters is 1. The van der Waals surface area contributed by atoms with E-state index < -0.39 is 16.0 Å². The van der Waals surface area contributed by atoms with Crippen LogP contribution in [0.15, 0.2) is 11.1 Å². The van der Waals surface area contributed by atoms with Gasteiger partial charge in [-0.1, -0.05) is 0 Å². The highest BCUT2D eigenvalue weighted by Gasteiger charge is 2.40. The van der Waals surface area contributed by atoms with Crippen molar-refractivity contribution in [2.45, 2.75) is 30.7 Å². The van der Waals surface area contributed by atoms with Gasteiger partial charge >= 0.3 is 5.97 Å². The molecular weight excluding hydrogens is 272 g/mol. The maximum absolute atomic E-state index is 12.4. The molecule has 0 spiro atoms. The van der Waals surface area contributed by atoms with E-state index in [4.69, 9.17) is 10.5 Å². The number of nitrogen functional groups attached to an aromatic ring is 1. The van der Waals surface area contributed by atoms with Gasteiger partial charge < -0.3 is 10.5 Å². The van der Waals surface area contributed by atoms with Gasteiger partial charge in [0.1, 0.15) is 17.3 Å². The Morgan fingerprint density at radius 3 is 2.79 bits per heavy atom. The van der Waals surface area contributed by atoms with Crippen LogP contribution in [0.4, 0.5) is 5.82 Å². The van der Waals surface area contributed by atoms with Crippen molar-refractivity contribution in [2.24, 2.45) is 0 Å². The van der Waals surface area contributed by atoms with Gasteiger partial charge in [-0.2, -0.15) is 9.40 Å². The topological polar surface area (TPSA) is 118 Å². The van der Waals surface area contributed by atoms with Crippen molar-refractivity contribution in [3.05, 3.63) is 6.20 Å². The van der Waals surface area contributed by atoms with Crippen molar-refractivity contribution in [3.8, 4) is 0 Å². The molecule has 1 aliphatic carbocycles. The van der Waals surface area contributed by atoms with Crippen LogP contribution in [0.2, 0.25) is 0 Å². The summed E-state index contributed by atoms with van der Waals surface area (Å²) in [5, 5.41) is 5.97. The number of hydrogen-bond donors (Lipinski definition) is 2. The van der Waals surface area contributed by atoms with Gasteiger partial charge in [-0.15, -0.1) is 0 Å². The lowest BCUT2D eigenvalue weighted by molar-refractivity contribution is -0.143. The van der Waals surface area contributed by atoms with Crippen LogP contribution in [0.3, 0.4) is 0 Å². The number of carbonyl (C=O) groups excluding carboxylic acids is 1. The number of aromatic nitrogens is 2. The van der Waals surface area contributed by atoms with Crippen LogP contribution in [0.25, 0.3) is 0 Å². The van der Waals surface area contributed by atoms with E-state index in [2.05, 4.69) is 10.2 Å². The Bertz CT molecular complexity index is 564. The minimum atomic E-state index is -3.82. The van der Waals surface area contributed by atoms with E-state index in [1.54, 1.807) is 6.92 Å². The second kappa shape index (κ2) is 5.17. The predicted octanol–water partition coefficient (Wildman–Crippen LogP) is -0.292. The molecule has 1 fully saturated rings. The molecule has 0 amide bonds. The molecule has 1 aromatic rings. The zero-order valence-electron chi connectivity index (χ0n) is 10.5. The van der Waals surface area contributed by atoms with Crippen molar-refractivity contribution >= 4 is 21.8 Å². The third-order valence-electron chi connectivity index (χ3n) is 2.76. The molecule has 0 radical (unpaired) electrons. The number of carbonyl (C=O) groups is 1. The lowest BCUT2D eigenvalue weighted by Gasteiger charge is -2.20. The molecule has 1 saturated carbocycles. The number of rotatable bonds is 6. The number of nitrogens with one attached hydrogen (secondary N) is 1. The van der Waals surface area contributed by atoms with Crippen LogP contribution in [0.5, 0.6) is 0 Å². The predicted molar refractivity (Wildman–Crippen MR) is 66.5 cm³/mol. The summed E-state index contributed by atoms with van der Waals surface area (Å²) >= 11 is 0. The maximum Gasteiger partial charge on any atom is 0.321 e. The monoisotopic (exact) mass is 288 g/mol. The number of ether oxygens (including phenoxy) is 1. The number of nitrogens with zero attached hydrogens (tertiary/aromatic N) is 2. The Kier molecular flexibility index (Phi) is 3.76. The van der Waals surface area contributed by atoms with Gasteiger partial charge in [-0.3, -0.25) is 9.89 Å². The Morgan fingerprint density at radius 1 is 1.63 bits per heavy atom. The molecule has 106 valence electrons. The zero-order chi connectivity index (χ0) is 14.0. The number of sulfonamides is 1. The number of aromatic amines is 1. The second-order valence-corrected chi connectivity index (χ2v) is 6.09. The van der Waals surface area contributed by atoms with Crippen LogP contribution in [-0.2, 0) is 19.6 Å². The van der Waals surface area contributed by atoms with Crippen molar-refractivity contribution in [1.29, 1.82) is 0 Å². The highest BCUT2D eigenvalue weighted by molar-refractivity contribution is 7.89. The first-order chi connectivity index (χ1) is 8.96. The van der Waals surface area contributed by atoms with E-state index in [0.29, 0.717) is 0 Å². The summed E-state index contributed by atoms with van der Waals surface area (Å²) in [6.45, 7) is 1.58. The van der Waals surface area contributed by atoms with Gasteiger partial charge in [0.15, 0.2) is 0 Å². The first-order valence-corrected chi connectivity index (χ1v) is 7.37. The zero-order valence-corrected chi connectivity index (χ0v) is 11.3. The summed E-state index contributed by atoms with van der Waals surface area (Å²) in [4.78, 5) is 11.4. The molecule has 2 rings (SSSR count). The third kappa shape index (κ3) is 2.87. The second-order valence-electron chi connectivity index (χ2n) is 4.23. The standard InChI is InChI=1S/C10H16N4O4S/c1-2-18-9(15)6-14(7-3-4-7)19(16,17)8-5-12-13-10(8)11/h5,7H,2-4,6H2,1H3,(H3,11,12,13). The molecule has 0 saturated heterocycles. The van der Waals surface area contributed by atoms with E-state index in [1.165, 1.54) is 0 Å². The molecular formula is C10H16N4O4S. The molecule has 0 atom stereocenters. The summed E-state index contributed by atoms with van der Waals surface area (Å²) in [6, 6.07) is -0.163. The summed E-state index contributed by atoms with van der Waals surface area (Å²) < 4.78 is 30.8. The molecule has 3 N–H and O–H groups in total. The lowest BCUT2D eigenvalue weighted by Crippen LogP contribution is -2.38. The minimum absolute atomic E-state index is 0.0329. The molecule has 0 aliphatic heterocycles. The number of anilines is 1. The van der Waals surface area contributed by atoms with Gasteiger partial charge in [-0.25, -0.2) is 8.42 Å². The molecule has 0 aromatic carbocycles. The van der Waals surface area contributed by atoms with E-state index in [9.17, 15) is 13.2 Å².